The molecule has 7 heteroatoms. The minimum atomic E-state index is -0.0123. The second-order valence-electron chi connectivity index (χ2n) is 7.48. The summed E-state index contributed by atoms with van der Waals surface area (Å²) in [6.45, 7) is 1.65. The van der Waals surface area contributed by atoms with Gasteiger partial charge in [-0.2, -0.15) is 0 Å². The maximum Gasteiger partial charge on any atom is 0.243 e. The highest BCUT2D eigenvalue weighted by atomic mass is 32.1. The zero-order valence-corrected chi connectivity index (χ0v) is 18.2. The molecule has 0 spiro atoms. The van der Waals surface area contributed by atoms with E-state index in [-0.39, 0.29) is 12.5 Å². The van der Waals surface area contributed by atoms with Gasteiger partial charge in [-0.15, -0.1) is 11.3 Å². The van der Waals surface area contributed by atoms with Crippen LogP contribution in [0.3, 0.4) is 0 Å². The number of benzene rings is 1. The summed E-state index contributed by atoms with van der Waals surface area (Å²) in [6, 6.07) is 10.4. The summed E-state index contributed by atoms with van der Waals surface area (Å²) < 4.78 is 0. The molecule has 0 aliphatic heterocycles. The fraction of sp³-hybridized carbons (Fsp3) is 0.500. The lowest BCUT2D eigenvalue weighted by Gasteiger charge is -2.13. The molecule has 1 heterocycles. The average molecular weight is 414 g/mol. The molecule has 6 nitrogen and oxygen atoms in total. The Labute approximate surface area is 177 Å². The SMILES string of the molecule is CN(C)C(=O)CN=C(NCCc1ccccc1)NCCc1nc2c(s1)CCCC2. The fourth-order valence-electron chi connectivity index (χ4n) is 3.23. The predicted molar refractivity (Wildman–Crippen MR) is 120 cm³/mol. The number of aryl methyl sites for hydroxylation is 2. The Bertz CT molecular complexity index is 792. The molecule has 0 bridgehead atoms. The molecular weight excluding hydrogens is 382 g/mol. The maximum atomic E-state index is 11.9. The molecule has 0 fully saturated rings. The summed E-state index contributed by atoms with van der Waals surface area (Å²) in [6.07, 6.45) is 6.63. The number of carbonyl (C=O) groups excluding carboxylic acids is 1. The van der Waals surface area contributed by atoms with E-state index in [1.165, 1.54) is 40.4 Å². The molecule has 3 rings (SSSR count). The third-order valence-electron chi connectivity index (χ3n) is 4.94. The number of nitrogens with one attached hydrogen (secondary N) is 2. The third kappa shape index (κ3) is 6.85. The number of hydrogen-bond donors (Lipinski definition) is 2. The van der Waals surface area contributed by atoms with Crippen LogP contribution in [0.2, 0.25) is 0 Å². The van der Waals surface area contributed by atoms with E-state index in [2.05, 4.69) is 27.8 Å². The van der Waals surface area contributed by atoms with E-state index in [1.54, 1.807) is 19.0 Å². The molecule has 1 aliphatic carbocycles. The summed E-state index contributed by atoms with van der Waals surface area (Å²) in [7, 11) is 3.50. The van der Waals surface area contributed by atoms with Crippen LogP contribution in [0.15, 0.2) is 35.3 Å². The topological polar surface area (TPSA) is 69.6 Å². The molecule has 0 unspecified atom stereocenters. The minimum Gasteiger partial charge on any atom is -0.356 e. The molecule has 1 aromatic heterocycles. The monoisotopic (exact) mass is 413 g/mol. The molecule has 2 N–H and O–H groups in total. The van der Waals surface area contributed by atoms with Crippen LogP contribution >= 0.6 is 11.3 Å². The summed E-state index contributed by atoms with van der Waals surface area (Å²) >= 11 is 1.85. The van der Waals surface area contributed by atoms with Crippen LogP contribution in [0, 0.1) is 0 Å². The second-order valence-corrected chi connectivity index (χ2v) is 8.64. The number of rotatable bonds is 8. The van der Waals surface area contributed by atoms with E-state index in [4.69, 9.17) is 4.98 Å². The van der Waals surface area contributed by atoms with Crippen LogP contribution in [-0.4, -0.2) is 55.5 Å². The van der Waals surface area contributed by atoms with E-state index in [1.807, 2.05) is 29.5 Å². The lowest BCUT2D eigenvalue weighted by Crippen LogP contribution is -2.40. The number of hydrogen-bond acceptors (Lipinski definition) is 4. The number of fused-ring (bicyclic) bond motifs is 1. The fourth-order valence-corrected chi connectivity index (χ4v) is 4.39. The van der Waals surface area contributed by atoms with Crippen molar-refractivity contribution in [3.05, 3.63) is 51.5 Å². The van der Waals surface area contributed by atoms with Gasteiger partial charge in [0, 0.05) is 38.5 Å². The second kappa shape index (κ2) is 11.0. The van der Waals surface area contributed by atoms with Gasteiger partial charge in [0.15, 0.2) is 5.96 Å². The van der Waals surface area contributed by atoms with Crippen LogP contribution in [0.4, 0.5) is 0 Å². The summed E-state index contributed by atoms with van der Waals surface area (Å²) in [5, 5.41) is 7.90. The quantitative estimate of drug-likeness (QED) is 0.515. The lowest BCUT2D eigenvalue weighted by atomic mass is 10.0. The van der Waals surface area contributed by atoms with Gasteiger partial charge in [0.05, 0.1) is 10.7 Å². The average Bonchev–Trinajstić information content (AvgIpc) is 3.14. The van der Waals surface area contributed by atoms with Crippen LogP contribution in [0.5, 0.6) is 0 Å². The standard InChI is InChI=1S/C22H31N5OS/c1-27(2)21(28)16-25-22(23-14-12-17-8-4-3-5-9-17)24-15-13-20-26-18-10-6-7-11-19(18)29-20/h3-5,8-9H,6-7,10-16H2,1-2H3,(H2,23,24,25). The molecule has 2 aromatic rings. The summed E-state index contributed by atoms with van der Waals surface area (Å²) in [4.78, 5) is 24.2. The molecule has 0 atom stereocenters. The third-order valence-corrected chi connectivity index (χ3v) is 6.16. The van der Waals surface area contributed by atoms with Crippen molar-refractivity contribution in [3.63, 3.8) is 0 Å². The van der Waals surface area contributed by atoms with Crippen LogP contribution in [0.1, 0.15) is 34.0 Å². The largest absolute Gasteiger partial charge is 0.356 e. The highest BCUT2D eigenvalue weighted by Crippen LogP contribution is 2.26. The first-order chi connectivity index (χ1) is 14.1. The van der Waals surface area contributed by atoms with Crippen LogP contribution in [0.25, 0.3) is 0 Å². The minimum absolute atomic E-state index is 0.0123. The van der Waals surface area contributed by atoms with Crippen molar-refractivity contribution in [1.29, 1.82) is 0 Å². The van der Waals surface area contributed by atoms with E-state index in [9.17, 15) is 4.79 Å². The summed E-state index contributed by atoms with van der Waals surface area (Å²) in [5.41, 5.74) is 2.58. The molecule has 1 amide bonds. The van der Waals surface area contributed by atoms with Crippen molar-refractivity contribution < 1.29 is 4.79 Å². The van der Waals surface area contributed by atoms with Crippen molar-refractivity contribution in [2.75, 3.05) is 33.7 Å². The molecule has 29 heavy (non-hydrogen) atoms. The van der Waals surface area contributed by atoms with Crippen LogP contribution in [-0.2, 0) is 30.5 Å². The van der Waals surface area contributed by atoms with E-state index in [0.29, 0.717) is 5.96 Å². The van der Waals surface area contributed by atoms with Gasteiger partial charge < -0.3 is 15.5 Å². The molecule has 0 saturated heterocycles. The first kappa shape index (κ1) is 21.3. The highest BCUT2D eigenvalue weighted by Gasteiger charge is 2.14. The van der Waals surface area contributed by atoms with Gasteiger partial charge >= 0.3 is 0 Å². The van der Waals surface area contributed by atoms with Gasteiger partial charge in [0.1, 0.15) is 6.54 Å². The number of guanidine groups is 1. The van der Waals surface area contributed by atoms with Gasteiger partial charge in [0.25, 0.3) is 0 Å². The number of aliphatic imine (C=N–C) groups is 1. The summed E-state index contributed by atoms with van der Waals surface area (Å²) in [5.74, 6) is 0.666. The Morgan fingerprint density at radius 1 is 1.10 bits per heavy atom. The number of likely N-dealkylation sites (N-methyl/N-ethyl adjacent to an activating group) is 1. The smallest absolute Gasteiger partial charge is 0.243 e. The Balaban J connectivity index is 1.51. The Kier molecular flexibility index (Phi) is 8.04. The van der Waals surface area contributed by atoms with Crippen molar-refractivity contribution in [2.24, 2.45) is 4.99 Å². The number of amides is 1. The zero-order valence-electron chi connectivity index (χ0n) is 17.4. The highest BCUT2D eigenvalue weighted by molar-refractivity contribution is 7.11. The van der Waals surface area contributed by atoms with Gasteiger partial charge in [0.2, 0.25) is 5.91 Å². The normalized spacial score (nSPS) is 13.7. The van der Waals surface area contributed by atoms with E-state index in [0.717, 1.165) is 32.4 Å². The van der Waals surface area contributed by atoms with E-state index >= 15 is 0 Å². The molecule has 1 aromatic carbocycles. The first-order valence-electron chi connectivity index (χ1n) is 10.4. The number of carbonyl (C=O) groups is 1. The van der Waals surface area contributed by atoms with Crippen molar-refractivity contribution in [3.8, 4) is 0 Å². The molecule has 0 radical (unpaired) electrons. The molecule has 156 valence electrons. The van der Waals surface area contributed by atoms with Gasteiger partial charge in [-0.1, -0.05) is 30.3 Å². The number of nitrogens with zero attached hydrogens (tertiary/aromatic N) is 3. The van der Waals surface area contributed by atoms with Gasteiger partial charge in [-0.25, -0.2) is 9.98 Å². The Hall–Kier alpha value is -2.41. The van der Waals surface area contributed by atoms with Gasteiger partial charge in [-0.3, -0.25) is 4.79 Å². The van der Waals surface area contributed by atoms with Crippen molar-refractivity contribution in [1.82, 2.24) is 20.5 Å². The predicted octanol–water partition coefficient (Wildman–Crippen LogP) is 2.43. The van der Waals surface area contributed by atoms with Crippen molar-refractivity contribution >= 4 is 23.2 Å². The Morgan fingerprint density at radius 3 is 2.55 bits per heavy atom. The molecular formula is C22H31N5OS. The zero-order chi connectivity index (χ0) is 20.5. The lowest BCUT2D eigenvalue weighted by molar-refractivity contribution is -0.127. The number of aromatic nitrogens is 1. The van der Waals surface area contributed by atoms with Crippen LogP contribution < -0.4 is 10.6 Å². The molecule has 1 aliphatic rings. The van der Waals surface area contributed by atoms with E-state index < -0.39 is 0 Å². The first-order valence-corrected chi connectivity index (χ1v) is 11.2. The van der Waals surface area contributed by atoms with Crippen molar-refractivity contribution in [2.45, 2.75) is 38.5 Å². The Morgan fingerprint density at radius 2 is 1.83 bits per heavy atom. The number of thiazole rings is 1. The molecule has 0 saturated carbocycles. The maximum absolute atomic E-state index is 11.9. The van der Waals surface area contributed by atoms with Gasteiger partial charge in [-0.05, 0) is 37.7 Å².